The van der Waals surface area contributed by atoms with E-state index < -0.39 is 5.97 Å². The molecule has 1 unspecified atom stereocenters. The molecule has 1 aliphatic rings. The molecule has 24 heavy (non-hydrogen) atoms. The number of aliphatic carboxylic acids is 1. The summed E-state index contributed by atoms with van der Waals surface area (Å²) in [7, 11) is 0. The van der Waals surface area contributed by atoms with Gasteiger partial charge in [-0.15, -0.1) is 24.8 Å². The van der Waals surface area contributed by atoms with Crippen molar-refractivity contribution >= 4 is 42.4 Å². The van der Waals surface area contributed by atoms with Crippen LogP contribution in [0.5, 0.6) is 0 Å². The number of carbonyl (C=O) groups is 1. The maximum atomic E-state index is 11.5. The van der Waals surface area contributed by atoms with Crippen LogP contribution in [-0.4, -0.2) is 29.1 Å². The van der Waals surface area contributed by atoms with Crippen molar-refractivity contribution in [2.24, 2.45) is 11.8 Å². The summed E-state index contributed by atoms with van der Waals surface area (Å²) in [6.07, 6.45) is 4.90. The van der Waals surface area contributed by atoms with E-state index >= 15 is 0 Å². The Kier molecular flexibility index (Phi) is 11.7. The number of carboxylic acids is 1. The minimum Gasteiger partial charge on any atom is -0.481 e. The number of nitrogens with zero attached hydrogens (tertiary/aromatic N) is 1. The number of hydrogen-bond donors (Lipinski definition) is 1. The van der Waals surface area contributed by atoms with Gasteiger partial charge in [-0.3, -0.25) is 9.69 Å². The van der Waals surface area contributed by atoms with E-state index in [1.807, 2.05) is 12.1 Å². The molecule has 1 aromatic carbocycles. The number of likely N-dealkylation sites (tertiary alicyclic amines) is 1. The van der Waals surface area contributed by atoms with E-state index in [-0.39, 0.29) is 30.7 Å². The molecular weight excluding hydrogens is 369 g/mol. The van der Waals surface area contributed by atoms with Gasteiger partial charge in [-0.2, -0.15) is 0 Å². The molecule has 1 aromatic rings. The van der Waals surface area contributed by atoms with E-state index in [1.54, 1.807) is 0 Å². The quantitative estimate of drug-likeness (QED) is 0.681. The van der Waals surface area contributed by atoms with Gasteiger partial charge in [-0.25, -0.2) is 0 Å². The van der Waals surface area contributed by atoms with Crippen LogP contribution >= 0.6 is 36.4 Å². The van der Waals surface area contributed by atoms with Gasteiger partial charge in [0.05, 0.1) is 5.92 Å². The lowest BCUT2D eigenvalue weighted by Crippen LogP contribution is -2.37. The third-order valence-electron chi connectivity index (χ3n) is 4.71. The first kappa shape index (κ1) is 23.5. The molecule has 0 bridgehead atoms. The average molecular weight is 397 g/mol. The van der Waals surface area contributed by atoms with Crippen LogP contribution in [-0.2, 0) is 11.3 Å². The molecule has 1 heterocycles. The topological polar surface area (TPSA) is 40.5 Å². The number of unbranched alkanes of at least 4 members (excludes halogenated alkanes) is 1. The number of piperidine rings is 1. The summed E-state index contributed by atoms with van der Waals surface area (Å²) < 4.78 is 0. The molecule has 0 aromatic heterocycles. The maximum absolute atomic E-state index is 11.5. The van der Waals surface area contributed by atoms with Crippen molar-refractivity contribution in [3.63, 3.8) is 0 Å². The van der Waals surface area contributed by atoms with Gasteiger partial charge in [-0.05, 0) is 56.0 Å². The van der Waals surface area contributed by atoms with Crippen LogP contribution in [0.15, 0.2) is 24.3 Å². The van der Waals surface area contributed by atoms with Crippen molar-refractivity contribution in [2.75, 3.05) is 13.1 Å². The second-order valence-electron chi connectivity index (χ2n) is 6.33. The lowest BCUT2D eigenvalue weighted by atomic mass is 9.81. The normalized spacial score (nSPS) is 16.8. The van der Waals surface area contributed by atoms with E-state index in [0.717, 1.165) is 56.8 Å². The standard InChI is InChI=1S/C18H26ClNO2.2ClH/c1-2-3-4-17(18(21)22)15-9-11-20(12-10-15)13-14-5-7-16(19)8-6-14;;/h5-8,15,17H,2-4,9-13H2,1H3,(H,21,22);2*1H. The summed E-state index contributed by atoms with van der Waals surface area (Å²) in [6, 6.07) is 7.98. The second-order valence-corrected chi connectivity index (χ2v) is 6.76. The fourth-order valence-corrected chi connectivity index (χ4v) is 3.47. The van der Waals surface area contributed by atoms with Crippen LogP contribution in [0.2, 0.25) is 5.02 Å². The molecule has 1 fully saturated rings. The molecular formula is C18H28Cl3NO2. The highest BCUT2D eigenvalue weighted by atomic mass is 35.5. The molecule has 0 amide bonds. The van der Waals surface area contributed by atoms with Gasteiger partial charge in [0, 0.05) is 11.6 Å². The SMILES string of the molecule is CCCCC(C(=O)O)C1CCN(Cc2ccc(Cl)cc2)CC1.Cl.Cl. The summed E-state index contributed by atoms with van der Waals surface area (Å²) in [5.74, 6) is -0.423. The number of rotatable bonds is 7. The molecule has 0 spiro atoms. The molecule has 1 N–H and O–H groups in total. The first-order valence-electron chi connectivity index (χ1n) is 8.29. The van der Waals surface area contributed by atoms with E-state index in [0.29, 0.717) is 5.92 Å². The van der Waals surface area contributed by atoms with Crippen molar-refractivity contribution in [2.45, 2.75) is 45.6 Å². The van der Waals surface area contributed by atoms with Crippen molar-refractivity contribution in [3.05, 3.63) is 34.9 Å². The minimum atomic E-state index is -0.607. The molecule has 0 radical (unpaired) electrons. The molecule has 2 rings (SSSR count). The minimum absolute atomic E-state index is 0. The molecule has 3 nitrogen and oxygen atoms in total. The number of carboxylic acid groups (broad SMARTS) is 1. The van der Waals surface area contributed by atoms with Gasteiger partial charge in [0.25, 0.3) is 0 Å². The Labute approximate surface area is 162 Å². The third-order valence-corrected chi connectivity index (χ3v) is 4.96. The van der Waals surface area contributed by atoms with Gasteiger partial charge in [0.15, 0.2) is 0 Å². The van der Waals surface area contributed by atoms with Gasteiger partial charge in [-0.1, -0.05) is 43.5 Å². The highest BCUT2D eigenvalue weighted by Gasteiger charge is 2.30. The van der Waals surface area contributed by atoms with Crippen LogP contribution in [0.3, 0.4) is 0 Å². The monoisotopic (exact) mass is 395 g/mol. The van der Waals surface area contributed by atoms with E-state index in [4.69, 9.17) is 11.6 Å². The van der Waals surface area contributed by atoms with Gasteiger partial charge in [0.1, 0.15) is 0 Å². The Morgan fingerprint density at radius 3 is 2.33 bits per heavy atom. The van der Waals surface area contributed by atoms with Crippen molar-refractivity contribution in [3.8, 4) is 0 Å². The van der Waals surface area contributed by atoms with E-state index in [9.17, 15) is 9.90 Å². The van der Waals surface area contributed by atoms with Gasteiger partial charge < -0.3 is 5.11 Å². The van der Waals surface area contributed by atoms with Crippen LogP contribution in [0, 0.1) is 11.8 Å². The molecule has 1 atom stereocenters. The third kappa shape index (κ3) is 7.18. The van der Waals surface area contributed by atoms with Crippen LogP contribution < -0.4 is 0 Å². The zero-order valence-electron chi connectivity index (χ0n) is 14.1. The summed E-state index contributed by atoms with van der Waals surface area (Å²) in [5.41, 5.74) is 1.27. The van der Waals surface area contributed by atoms with Gasteiger partial charge >= 0.3 is 5.97 Å². The smallest absolute Gasteiger partial charge is 0.306 e. The van der Waals surface area contributed by atoms with Crippen LogP contribution in [0.1, 0.15) is 44.6 Å². The van der Waals surface area contributed by atoms with Crippen LogP contribution in [0.4, 0.5) is 0 Å². The maximum Gasteiger partial charge on any atom is 0.306 e. The number of hydrogen-bond acceptors (Lipinski definition) is 2. The Balaban J connectivity index is 0.00000264. The molecule has 6 heteroatoms. The average Bonchev–Trinajstić information content (AvgIpc) is 2.51. The Morgan fingerprint density at radius 2 is 1.83 bits per heavy atom. The summed E-state index contributed by atoms with van der Waals surface area (Å²) in [5, 5.41) is 10.2. The Hall–Kier alpha value is -0.480. The largest absolute Gasteiger partial charge is 0.481 e. The Morgan fingerprint density at radius 1 is 1.25 bits per heavy atom. The zero-order valence-corrected chi connectivity index (χ0v) is 16.5. The molecule has 1 saturated heterocycles. The van der Waals surface area contributed by atoms with Crippen molar-refractivity contribution < 1.29 is 9.90 Å². The van der Waals surface area contributed by atoms with E-state index in [2.05, 4.69) is 24.0 Å². The number of halogens is 3. The lowest BCUT2D eigenvalue weighted by Gasteiger charge is -2.34. The van der Waals surface area contributed by atoms with Crippen molar-refractivity contribution in [1.82, 2.24) is 4.90 Å². The lowest BCUT2D eigenvalue weighted by molar-refractivity contribution is -0.144. The van der Waals surface area contributed by atoms with Crippen LogP contribution in [0.25, 0.3) is 0 Å². The van der Waals surface area contributed by atoms with E-state index in [1.165, 1.54) is 5.56 Å². The highest BCUT2D eigenvalue weighted by Crippen LogP contribution is 2.29. The fourth-order valence-electron chi connectivity index (χ4n) is 3.35. The molecule has 1 aliphatic heterocycles. The Bertz CT molecular complexity index is 474. The predicted molar refractivity (Wildman–Crippen MR) is 105 cm³/mol. The van der Waals surface area contributed by atoms with Crippen molar-refractivity contribution in [1.29, 1.82) is 0 Å². The first-order chi connectivity index (χ1) is 10.6. The molecule has 0 saturated carbocycles. The zero-order chi connectivity index (χ0) is 15.9. The second kappa shape index (κ2) is 12.0. The summed E-state index contributed by atoms with van der Waals surface area (Å²) in [4.78, 5) is 13.9. The first-order valence-corrected chi connectivity index (χ1v) is 8.67. The molecule has 0 aliphatic carbocycles. The molecule has 138 valence electrons. The summed E-state index contributed by atoms with van der Waals surface area (Å²) in [6.45, 7) is 5.02. The fraction of sp³-hybridized carbons (Fsp3) is 0.611. The number of benzene rings is 1. The highest BCUT2D eigenvalue weighted by molar-refractivity contribution is 6.30. The van der Waals surface area contributed by atoms with Gasteiger partial charge in [0.2, 0.25) is 0 Å². The predicted octanol–water partition coefficient (Wildman–Crippen LogP) is 5.29. The summed E-state index contributed by atoms with van der Waals surface area (Å²) >= 11 is 5.91.